The van der Waals surface area contributed by atoms with E-state index in [4.69, 9.17) is 0 Å². The van der Waals surface area contributed by atoms with Crippen molar-refractivity contribution >= 4 is 12.3 Å². The number of piperidine rings is 1. The van der Waals surface area contributed by atoms with E-state index in [1.807, 2.05) is 0 Å². The highest BCUT2D eigenvalue weighted by Crippen LogP contribution is 2.16. The Morgan fingerprint density at radius 1 is 1.57 bits per heavy atom. The molecule has 1 unspecified atom stereocenters. The van der Waals surface area contributed by atoms with Gasteiger partial charge in [0.15, 0.2) is 0 Å². The standard InChI is InChI=1S/C10H17NO3/c1-9(13)10-4-2-3-5-11(10)6-7-14-8-12/h8,10H,2-7H2,1H3. The first kappa shape index (κ1) is 11.2. The topological polar surface area (TPSA) is 46.6 Å². The summed E-state index contributed by atoms with van der Waals surface area (Å²) >= 11 is 0. The predicted molar refractivity (Wildman–Crippen MR) is 51.9 cm³/mol. The zero-order valence-electron chi connectivity index (χ0n) is 8.57. The largest absolute Gasteiger partial charge is 0.467 e. The molecular weight excluding hydrogens is 182 g/mol. The summed E-state index contributed by atoms with van der Waals surface area (Å²) in [6.07, 6.45) is 3.19. The molecule has 0 spiro atoms. The van der Waals surface area contributed by atoms with Gasteiger partial charge in [-0.25, -0.2) is 0 Å². The predicted octanol–water partition coefficient (Wildman–Crippen LogP) is 0.603. The number of likely N-dealkylation sites (tertiary alicyclic amines) is 1. The van der Waals surface area contributed by atoms with E-state index >= 15 is 0 Å². The van der Waals surface area contributed by atoms with Crippen LogP contribution < -0.4 is 0 Å². The fourth-order valence-corrected chi connectivity index (χ4v) is 1.94. The molecule has 1 heterocycles. The molecule has 1 aliphatic heterocycles. The maximum absolute atomic E-state index is 11.3. The van der Waals surface area contributed by atoms with E-state index < -0.39 is 0 Å². The Morgan fingerprint density at radius 2 is 2.36 bits per heavy atom. The van der Waals surface area contributed by atoms with Crippen molar-refractivity contribution in [2.45, 2.75) is 32.2 Å². The summed E-state index contributed by atoms with van der Waals surface area (Å²) in [5, 5.41) is 0. The lowest BCUT2D eigenvalue weighted by Crippen LogP contribution is -2.45. The van der Waals surface area contributed by atoms with E-state index in [9.17, 15) is 9.59 Å². The summed E-state index contributed by atoms with van der Waals surface area (Å²) in [6, 6.07) is 0.0407. The Labute approximate surface area is 84.2 Å². The molecule has 0 radical (unpaired) electrons. The van der Waals surface area contributed by atoms with E-state index in [-0.39, 0.29) is 11.8 Å². The molecule has 0 aromatic carbocycles. The molecule has 4 nitrogen and oxygen atoms in total. The minimum Gasteiger partial charge on any atom is -0.467 e. The van der Waals surface area contributed by atoms with Crippen molar-refractivity contribution < 1.29 is 14.3 Å². The Morgan fingerprint density at radius 3 is 3.00 bits per heavy atom. The van der Waals surface area contributed by atoms with Crippen molar-refractivity contribution in [1.82, 2.24) is 4.90 Å². The number of hydrogen-bond acceptors (Lipinski definition) is 4. The van der Waals surface area contributed by atoms with Gasteiger partial charge < -0.3 is 4.74 Å². The van der Waals surface area contributed by atoms with Gasteiger partial charge in [-0.05, 0) is 26.3 Å². The van der Waals surface area contributed by atoms with Crippen LogP contribution in [0.4, 0.5) is 0 Å². The van der Waals surface area contributed by atoms with E-state index in [0.29, 0.717) is 19.6 Å². The molecule has 80 valence electrons. The molecule has 1 aliphatic rings. The molecule has 0 saturated carbocycles. The van der Waals surface area contributed by atoms with Crippen molar-refractivity contribution in [2.75, 3.05) is 19.7 Å². The van der Waals surface area contributed by atoms with Crippen LogP contribution in [0, 0.1) is 0 Å². The van der Waals surface area contributed by atoms with Gasteiger partial charge in [0.2, 0.25) is 0 Å². The Bertz CT molecular complexity index is 206. The summed E-state index contributed by atoms with van der Waals surface area (Å²) in [5.41, 5.74) is 0. The van der Waals surface area contributed by atoms with Gasteiger partial charge >= 0.3 is 0 Å². The van der Waals surface area contributed by atoms with Crippen LogP contribution in [0.2, 0.25) is 0 Å². The molecule has 0 bridgehead atoms. The second kappa shape index (κ2) is 5.75. The van der Waals surface area contributed by atoms with Gasteiger partial charge in [-0.2, -0.15) is 0 Å². The first-order chi connectivity index (χ1) is 6.75. The zero-order valence-corrected chi connectivity index (χ0v) is 8.57. The van der Waals surface area contributed by atoms with Crippen molar-refractivity contribution in [2.24, 2.45) is 0 Å². The maximum atomic E-state index is 11.3. The smallest absolute Gasteiger partial charge is 0.293 e. The number of carbonyl (C=O) groups excluding carboxylic acids is 2. The van der Waals surface area contributed by atoms with E-state index in [1.54, 1.807) is 6.92 Å². The van der Waals surface area contributed by atoms with Crippen molar-refractivity contribution in [3.05, 3.63) is 0 Å². The number of carbonyl (C=O) groups is 2. The lowest BCUT2D eigenvalue weighted by molar-refractivity contribution is -0.129. The molecule has 14 heavy (non-hydrogen) atoms. The fraction of sp³-hybridized carbons (Fsp3) is 0.800. The number of ketones is 1. The third-order valence-corrected chi connectivity index (χ3v) is 2.65. The van der Waals surface area contributed by atoms with Crippen LogP contribution in [0.5, 0.6) is 0 Å². The molecule has 0 aromatic rings. The highest BCUT2D eigenvalue weighted by molar-refractivity contribution is 5.81. The second-order valence-electron chi connectivity index (χ2n) is 3.63. The normalized spacial score (nSPS) is 23.1. The number of Topliss-reactive ketones (excluding diaryl/α,β-unsaturated/α-hetero) is 1. The highest BCUT2D eigenvalue weighted by Gasteiger charge is 2.25. The lowest BCUT2D eigenvalue weighted by atomic mass is 9.99. The summed E-state index contributed by atoms with van der Waals surface area (Å²) in [5.74, 6) is 0.218. The first-order valence-electron chi connectivity index (χ1n) is 5.05. The molecule has 4 heteroatoms. The number of rotatable bonds is 5. The summed E-state index contributed by atoms with van der Waals surface area (Å²) < 4.78 is 4.63. The van der Waals surface area contributed by atoms with Gasteiger partial charge in [0.05, 0.1) is 6.04 Å². The van der Waals surface area contributed by atoms with Crippen molar-refractivity contribution in [1.29, 1.82) is 0 Å². The molecule has 0 N–H and O–H groups in total. The average molecular weight is 199 g/mol. The Kier molecular flexibility index (Phi) is 4.59. The molecule has 1 rings (SSSR count). The maximum Gasteiger partial charge on any atom is 0.293 e. The van der Waals surface area contributed by atoms with Crippen LogP contribution in [-0.4, -0.2) is 42.9 Å². The molecule has 1 saturated heterocycles. The SMILES string of the molecule is CC(=O)C1CCCCN1CCOC=O. The van der Waals surface area contributed by atoms with Gasteiger partial charge in [-0.3, -0.25) is 14.5 Å². The highest BCUT2D eigenvalue weighted by atomic mass is 16.5. The minimum atomic E-state index is 0.0407. The Balaban J connectivity index is 2.37. The van der Waals surface area contributed by atoms with Crippen LogP contribution in [0.25, 0.3) is 0 Å². The molecular formula is C10H17NO3. The van der Waals surface area contributed by atoms with Crippen LogP contribution in [-0.2, 0) is 14.3 Å². The van der Waals surface area contributed by atoms with Crippen molar-refractivity contribution in [3.8, 4) is 0 Å². The molecule has 0 aliphatic carbocycles. The lowest BCUT2D eigenvalue weighted by Gasteiger charge is -2.33. The number of ether oxygens (including phenoxy) is 1. The van der Waals surface area contributed by atoms with Crippen molar-refractivity contribution in [3.63, 3.8) is 0 Å². The van der Waals surface area contributed by atoms with Gasteiger partial charge in [0.25, 0.3) is 6.47 Å². The molecule has 0 amide bonds. The third kappa shape index (κ3) is 3.10. The van der Waals surface area contributed by atoms with Crippen LogP contribution >= 0.6 is 0 Å². The molecule has 1 atom stereocenters. The van der Waals surface area contributed by atoms with E-state index in [1.165, 1.54) is 0 Å². The van der Waals surface area contributed by atoms with Gasteiger partial charge in [0.1, 0.15) is 12.4 Å². The fourth-order valence-electron chi connectivity index (χ4n) is 1.94. The van der Waals surface area contributed by atoms with Crippen LogP contribution in [0.15, 0.2) is 0 Å². The summed E-state index contributed by atoms with van der Waals surface area (Å²) in [7, 11) is 0. The quantitative estimate of drug-likeness (QED) is 0.480. The Hall–Kier alpha value is -0.900. The molecule has 1 fully saturated rings. The minimum absolute atomic E-state index is 0.0407. The molecule has 0 aromatic heterocycles. The number of nitrogens with zero attached hydrogens (tertiary/aromatic N) is 1. The first-order valence-corrected chi connectivity index (χ1v) is 5.05. The average Bonchev–Trinajstić information content (AvgIpc) is 2.19. The van der Waals surface area contributed by atoms with Crippen LogP contribution in [0.3, 0.4) is 0 Å². The van der Waals surface area contributed by atoms with E-state index in [2.05, 4.69) is 9.64 Å². The summed E-state index contributed by atoms with van der Waals surface area (Å²) in [4.78, 5) is 23.4. The summed E-state index contributed by atoms with van der Waals surface area (Å²) in [6.45, 7) is 4.07. The zero-order chi connectivity index (χ0) is 10.4. The van der Waals surface area contributed by atoms with Gasteiger partial charge in [-0.15, -0.1) is 0 Å². The van der Waals surface area contributed by atoms with Gasteiger partial charge in [-0.1, -0.05) is 6.42 Å². The number of hydrogen-bond donors (Lipinski definition) is 0. The van der Waals surface area contributed by atoms with Gasteiger partial charge in [0, 0.05) is 6.54 Å². The van der Waals surface area contributed by atoms with E-state index in [0.717, 1.165) is 25.8 Å². The second-order valence-corrected chi connectivity index (χ2v) is 3.63. The third-order valence-electron chi connectivity index (χ3n) is 2.65. The van der Waals surface area contributed by atoms with Crippen LogP contribution in [0.1, 0.15) is 26.2 Å². The monoisotopic (exact) mass is 199 g/mol.